The summed E-state index contributed by atoms with van der Waals surface area (Å²) in [4.78, 5) is 15.6. The van der Waals surface area contributed by atoms with Crippen molar-refractivity contribution >= 4 is 28.1 Å². The largest absolute Gasteiger partial charge is 0.458 e. The van der Waals surface area contributed by atoms with E-state index in [1.165, 1.54) is 0 Å². The van der Waals surface area contributed by atoms with Crippen LogP contribution >= 0.6 is 15.9 Å². The fourth-order valence-electron chi connectivity index (χ4n) is 1.65. The van der Waals surface area contributed by atoms with Crippen molar-refractivity contribution < 1.29 is 9.53 Å². The topological polar surface area (TPSA) is 38.7 Å². The van der Waals surface area contributed by atoms with Gasteiger partial charge in [0.15, 0.2) is 0 Å². The Balaban J connectivity index is 1.93. The van der Waals surface area contributed by atoms with Crippen molar-refractivity contribution in [2.75, 3.05) is 6.61 Å². The van der Waals surface area contributed by atoms with Gasteiger partial charge in [0.2, 0.25) is 0 Å². The van der Waals surface area contributed by atoms with Gasteiger partial charge in [-0.3, -0.25) is 9.79 Å². The number of allylic oxidation sites excluding steroid dienone is 1. The van der Waals surface area contributed by atoms with Crippen LogP contribution < -0.4 is 0 Å². The average Bonchev–Trinajstić information content (AvgIpc) is 2.81. The third kappa shape index (κ3) is 3.07. The summed E-state index contributed by atoms with van der Waals surface area (Å²) in [5, 5.41) is 0. The predicted molar refractivity (Wildman–Crippen MR) is 74.9 cm³/mol. The normalized spacial score (nSPS) is 15.9. The molecule has 0 bridgehead atoms. The van der Waals surface area contributed by atoms with Gasteiger partial charge in [0.05, 0.1) is 5.70 Å². The number of hydrogen-bond donors (Lipinski definition) is 0. The molecule has 1 aromatic carbocycles. The molecule has 0 saturated carbocycles. The van der Waals surface area contributed by atoms with Crippen LogP contribution in [0.25, 0.3) is 0 Å². The number of nitrogens with zero attached hydrogens (tertiary/aromatic N) is 1. The molecule has 0 radical (unpaired) electrons. The van der Waals surface area contributed by atoms with Gasteiger partial charge in [-0.2, -0.15) is 0 Å². The maximum atomic E-state index is 11.9. The molecule has 18 heavy (non-hydrogen) atoms. The maximum Gasteiger partial charge on any atom is 0.324 e. The van der Waals surface area contributed by atoms with Gasteiger partial charge in [0.1, 0.15) is 11.4 Å². The molecule has 1 aliphatic heterocycles. The van der Waals surface area contributed by atoms with Crippen LogP contribution in [0, 0.1) is 0 Å². The molecule has 0 saturated heterocycles. The minimum atomic E-state index is -0.426. The average molecular weight is 308 g/mol. The molecule has 4 heteroatoms. The summed E-state index contributed by atoms with van der Waals surface area (Å²) in [5.41, 5.74) is 2.91. The number of hydrogen-bond acceptors (Lipinski definition) is 3. The second kappa shape index (κ2) is 5.96. The van der Waals surface area contributed by atoms with E-state index in [0.717, 1.165) is 23.3 Å². The second-order valence-electron chi connectivity index (χ2n) is 4.12. The van der Waals surface area contributed by atoms with Crippen LogP contribution in [0.4, 0.5) is 0 Å². The monoisotopic (exact) mass is 307 g/mol. The van der Waals surface area contributed by atoms with Gasteiger partial charge in [0, 0.05) is 12.6 Å². The van der Waals surface area contributed by atoms with Crippen molar-refractivity contribution in [3.63, 3.8) is 0 Å². The third-order valence-electron chi connectivity index (χ3n) is 2.79. The first-order valence-corrected chi connectivity index (χ1v) is 6.67. The van der Waals surface area contributed by atoms with E-state index in [1.54, 1.807) is 0 Å². The number of carbonyl (C=O) groups is 1. The molecular formula is C14H14BrNO2. The van der Waals surface area contributed by atoms with Crippen molar-refractivity contribution in [3.05, 3.63) is 47.2 Å². The number of carbonyl (C=O) groups excluding carboxylic acids is 1. The smallest absolute Gasteiger partial charge is 0.324 e. The summed E-state index contributed by atoms with van der Waals surface area (Å²) in [6.45, 7) is 2.25. The van der Waals surface area contributed by atoms with Gasteiger partial charge in [-0.25, -0.2) is 0 Å². The Bertz CT molecular complexity index is 494. The number of rotatable bonds is 4. The van der Waals surface area contributed by atoms with E-state index in [0.29, 0.717) is 0 Å². The zero-order chi connectivity index (χ0) is 13.0. The molecule has 2 rings (SSSR count). The van der Waals surface area contributed by atoms with E-state index >= 15 is 0 Å². The lowest BCUT2D eigenvalue weighted by atomic mass is 10.1. The van der Waals surface area contributed by atoms with Crippen LogP contribution in [0.2, 0.25) is 0 Å². The summed E-state index contributed by atoms with van der Waals surface area (Å²) in [7, 11) is 0. The van der Waals surface area contributed by atoms with Crippen molar-refractivity contribution in [1.82, 2.24) is 0 Å². The van der Waals surface area contributed by atoms with E-state index in [-0.39, 0.29) is 12.6 Å². The van der Waals surface area contributed by atoms with Gasteiger partial charge in [-0.1, -0.05) is 46.3 Å². The van der Waals surface area contributed by atoms with Crippen molar-refractivity contribution in [2.24, 2.45) is 4.99 Å². The first-order valence-electron chi connectivity index (χ1n) is 5.75. The van der Waals surface area contributed by atoms with Gasteiger partial charge in [0.25, 0.3) is 0 Å². The number of ether oxygens (including phenoxy) is 1. The van der Waals surface area contributed by atoms with Crippen LogP contribution in [0.3, 0.4) is 0 Å². The fraction of sp³-hybridized carbons (Fsp3) is 0.286. The van der Waals surface area contributed by atoms with Crippen LogP contribution in [0.1, 0.15) is 23.7 Å². The predicted octanol–water partition coefficient (Wildman–Crippen LogP) is 3.41. The van der Waals surface area contributed by atoms with E-state index in [2.05, 4.69) is 20.9 Å². The Labute approximate surface area is 115 Å². The fourth-order valence-corrected chi connectivity index (χ4v) is 2.09. The van der Waals surface area contributed by atoms with E-state index in [1.807, 2.05) is 43.5 Å². The molecule has 1 unspecified atom stereocenters. The highest BCUT2D eigenvalue weighted by Crippen LogP contribution is 2.24. The van der Waals surface area contributed by atoms with E-state index in [9.17, 15) is 4.79 Å². The quantitative estimate of drug-likeness (QED) is 0.631. The molecular weight excluding hydrogens is 294 g/mol. The van der Waals surface area contributed by atoms with Crippen molar-refractivity contribution in [2.45, 2.75) is 18.2 Å². The highest BCUT2D eigenvalue weighted by Gasteiger charge is 2.19. The zero-order valence-electron chi connectivity index (χ0n) is 10.1. The number of alkyl halides is 1. The number of aliphatic imine (C=N–C) groups is 1. The van der Waals surface area contributed by atoms with Crippen LogP contribution in [-0.4, -0.2) is 18.8 Å². The zero-order valence-corrected chi connectivity index (χ0v) is 11.7. The van der Waals surface area contributed by atoms with Crippen LogP contribution in [0.5, 0.6) is 0 Å². The molecule has 0 aliphatic carbocycles. The number of halogens is 1. The summed E-state index contributed by atoms with van der Waals surface area (Å²) in [6, 6.07) is 9.48. The molecule has 0 spiro atoms. The lowest BCUT2D eigenvalue weighted by Gasteiger charge is -2.10. The lowest BCUT2D eigenvalue weighted by molar-refractivity contribution is -0.142. The molecule has 1 heterocycles. The molecule has 0 fully saturated rings. The van der Waals surface area contributed by atoms with Gasteiger partial charge >= 0.3 is 5.97 Å². The summed E-state index contributed by atoms with van der Waals surface area (Å²) < 4.78 is 5.26. The molecule has 94 valence electrons. The Hall–Kier alpha value is -1.42. The minimum Gasteiger partial charge on any atom is -0.458 e. The Morgan fingerprint density at radius 1 is 1.44 bits per heavy atom. The molecule has 0 amide bonds. The number of esters is 1. The Morgan fingerprint density at radius 2 is 2.17 bits per heavy atom. The Kier molecular flexibility index (Phi) is 4.31. The van der Waals surface area contributed by atoms with Crippen molar-refractivity contribution in [1.29, 1.82) is 0 Å². The van der Waals surface area contributed by atoms with E-state index in [4.69, 9.17) is 4.74 Å². The Morgan fingerprint density at radius 3 is 2.78 bits per heavy atom. The van der Waals surface area contributed by atoms with Crippen LogP contribution in [0.15, 0.2) is 46.6 Å². The SMILES string of the molecule is CC1=C(COC(=O)C(Br)c2ccccc2)N=CC1. The van der Waals surface area contributed by atoms with E-state index < -0.39 is 4.83 Å². The lowest BCUT2D eigenvalue weighted by Crippen LogP contribution is -2.12. The van der Waals surface area contributed by atoms with Crippen LogP contribution in [-0.2, 0) is 9.53 Å². The molecule has 0 N–H and O–H groups in total. The maximum absolute atomic E-state index is 11.9. The first-order chi connectivity index (χ1) is 8.68. The summed E-state index contributed by atoms with van der Waals surface area (Å²) in [6.07, 6.45) is 2.69. The highest BCUT2D eigenvalue weighted by molar-refractivity contribution is 9.09. The molecule has 1 atom stereocenters. The van der Waals surface area contributed by atoms with Crippen molar-refractivity contribution in [3.8, 4) is 0 Å². The number of benzene rings is 1. The first kappa shape index (κ1) is 13.0. The molecule has 3 nitrogen and oxygen atoms in total. The van der Waals surface area contributed by atoms with Gasteiger partial charge in [-0.05, 0) is 18.1 Å². The standard InChI is InChI=1S/C14H14BrNO2/c1-10-7-8-16-12(10)9-18-14(17)13(15)11-5-3-2-4-6-11/h2-6,8,13H,7,9H2,1H3. The molecule has 1 aromatic rings. The summed E-state index contributed by atoms with van der Waals surface area (Å²) >= 11 is 3.35. The van der Waals surface area contributed by atoms with Gasteiger partial charge in [-0.15, -0.1) is 0 Å². The molecule has 0 aromatic heterocycles. The minimum absolute atomic E-state index is 0.246. The highest BCUT2D eigenvalue weighted by atomic mass is 79.9. The summed E-state index contributed by atoms with van der Waals surface area (Å²) in [5.74, 6) is -0.288. The third-order valence-corrected chi connectivity index (χ3v) is 3.69. The van der Waals surface area contributed by atoms with Gasteiger partial charge < -0.3 is 4.74 Å². The molecule has 1 aliphatic rings. The second-order valence-corrected chi connectivity index (χ2v) is 5.04.